The topological polar surface area (TPSA) is 13.6 Å². The van der Waals surface area contributed by atoms with Gasteiger partial charge in [-0.2, -0.15) is 0 Å². The fraction of sp³-hybridized carbons (Fsp3) is 0.462. The summed E-state index contributed by atoms with van der Waals surface area (Å²) >= 11 is 0. The molecule has 0 atom stereocenters. The monoisotopic (exact) mass is 201 g/mol. The minimum atomic E-state index is 0.231. The number of hydrogen-bond donors (Lipinski definition) is 0. The van der Waals surface area contributed by atoms with E-state index in [-0.39, 0.29) is 5.41 Å². The molecule has 1 aliphatic rings. The zero-order chi connectivity index (χ0) is 10.7. The Morgan fingerprint density at radius 2 is 2.00 bits per heavy atom. The Labute approximate surface area is 90.7 Å². The third-order valence-corrected chi connectivity index (χ3v) is 3.34. The van der Waals surface area contributed by atoms with Crippen LogP contribution >= 0.6 is 0 Å². The molecule has 1 aromatic carbocycles. The number of nitrogens with zero attached hydrogens (tertiary/aromatic N) is 1. The molecule has 1 fully saturated rings. The van der Waals surface area contributed by atoms with Crippen LogP contribution < -0.4 is 0 Å². The molecular formula is C13H15NO. The Balaban J connectivity index is 2.24. The van der Waals surface area contributed by atoms with Crippen LogP contribution in [0.4, 0.5) is 5.69 Å². The van der Waals surface area contributed by atoms with Gasteiger partial charge >= 0.3 is 0 Å². The smallest absolute Gasteiger partial charge is 0.187 e. The van der Waals surface area contributed by atoms with Crippen LogP contribution in [-0.2, 0) is 10.2 Å². The minimum absolute atomic E-state index is 0.231. The van der Waals surface area contributed by atoms with Crippen LogP contribution in [0.1, 0.15) is 24.8 Å². The lowest BCUT2D eigenvalue weighted by Crippen LogP contribution is -2.38. The average Bonchev–Trinajstić information content (AvgIpc) is 2.24. The standard InChI is InChI=1S/C13H15NO/c1-14-12-6-4-11(5-7-12)13(10-15-2)8-3-9-13/h4-7H,3,8-10H2,2H3. The van der Waals surface area contributed by atoms with E-state index < -0.39 is 0 Å². The Morgan fingerprint density at radius 1 is 1.33 bits per heavy atom. The van der Waals surface area contributed by atoms with Crippen LogP contribution in [-0.4, -0.2) is 13.7 Å². The highest BCUT2D eigenvalue weighted by Gasteiger charge is 2.38. The van der Waals surface area contributed by atoms with Crippen LogP contribution in [0.15, 0.2) is 24.3 Å². The van der Waals surface area contributed by atoms with Crippen molar-refractivity contribution in [1.29, 1.82) is 0 Å². The first-order valence-electron chi connectivity index (χ1n) is 5.28. The van der Waals surface area contributed by atoms with E-state index >= 15 is 0 Å². The highest BCUT2D eigenvalue weighted by Crippen LogP contribution is 2.44. The number of hydrogen-bond acceptors (Lipinski definition) is 1. The lowest BCUT2D eigenvalue weighted by atomic mass is 9.65. The zero-order valence-corrected chi connectivity index (χ0v) is 8.99. The van der Waals surface area contributed by atoms with E-state index in [2.05, 4.69) is 17.0 Å². The Morgan fingerprint density at radius 3 is 2.40 bits per heavy atom. The van der Waals surface area contributed by atoms with E-state index in [1.54, 1.807) is 7.11 Å². The molecule has 0 radical (unpaired) electrons. The predicted octanol–water partition coefficient (Wildman–Crippen LogP) is 3.31. The van der Waals surface area contributed by atoms with Crippen molar-refractivity contribution in [3.05, 3.63) is 41.2 Å². The summed E-state index contributed by atoms with van der Waals surface area (Å²) in [5.41, 5.74) is 2.27. The molecule has 15 heavy (non-hydrogen) atoms. The van der Waals surface area contributed by atoms with Gasteiger partial charge in [0, 0.05) is 12.5 Å². The summed E-state index contributed by atoms with van der Waals surface area (Å²) in [7, 11) is 1.76. The molecule has 2 rings (SSSR count). The van der Waals surface area contributed by atoms with Gasteiger partial charge in [-0.3, -0.25) is 0 Å². The molecule has 0 heterocycles. The van der Waals surface area contributed by atoms with Crippen LogP contribution in [0.5, 0.6) is 0 Å². The van der Waals surface area contributed by atoms with Gasteiger partial charge in [-0.25, -0.2) is 4.85 Å². The van der Waals surface area contributed by atoms with Gasteiger partial charge in [0.25, 0.3) is 0 Å². The Kier molecular flexibility index (Phi) is 2.75. The van der Waals surface area contributed by atoms with E-state index in [4.69, 9.17) is 11.3 Å². The van der Waals surface area contributed by atoms with E-state index in [9.17, 15) is 0 Å². The Bertz CT molecular complexity index is 371. The van der Waals surface area contributed by atoms with Crippen LogP contribution in [0.3, 0.4) is 0 Å². The molecular weight excluding hydrogens is 186 g/mol. The van der Waals surface area contributed by atoms with Gasteiger partial charge in [-0.05, 0) is 18.4 Å². The van der Waals surface area contributed by atoms with Gasteiger partial charge in [-0.15, -0.1) is 0 Å². The molecule has 0 spiro atoms. The maximum atomic E-state index is 6.91. The molecule has 1 saturated carbocycles. The fourth-order valence-electron chi connectivity index (χ4n) is 2.29. The first kappa shape index (κ1) is 10.2. The lowest BCUT2D eigenvalue weighted by molar-refractivity contribution is 0.0792. The van der Waals surface area contributed by atoms with Crippen molar-refractivity contribution in [2.75, 3.05) is 13.7 Å². The fourth-order valence-corrected chi connectivity index (χ4v) is 2.29. The molecule has 0 saturated heterocycles. The van der Waals surface area contributed by atoms with Crippen molar-refractivity contribution in [3.8, 4) is 0 Å². The first-order valence-corrected chi connectivity index (χ1v) is 5.28. The van der Waals surface area contributed by atoms with Crippen LogP contribution in [0.25, 0.3) is 4.85 Å². The highest BCUT2D eigenvalue weighted by molar-refractivity contribution is 5.47. The summed E-state index contributed by atoms with van der Waals surface area (Å²) in [6.07, 6.45) is 3.70. The quantitative estimate of drug-likeness (QED) is 0.684. The third-order valence-electron chi connectivity index (χ3n) is 3.34. The van der Waals surface area contributed by atoms with Crippen molar-refractivity contribution in [2.24, 2.45) is 0 Å². The summed E-state index contributed by atoms with van der Waals surface area (Å²) in [6, 6.07) is 7.95. The van der Waals surface area contributed by atoms with Gasteiger partial charge in [-0.1, -0.05) is 30.7 Å². The number of methoxy groups -OCH3 is 1. The lowest BCUT2D eigenvalue weighted by Gasteiger charge is -2.42. The second kappa shape index (κ2) is 4.04. The van der Waals surface area contributed by atoms with Gasteiger partial charge in [0.1, 0.15) is 0 Å². The number of benzene rings is 1. The van der Waals surface area contributed by atoms with Crippen LogP contribution in [0.2, 0.25) is 0 Å². The third kappa shape index (κ3) is 1.75. The molecule has 2 nitrogen and oxygen atoms in total. The Hall–Kier alpha value is -1.33. The molecule has 78 valence electrons. The van der Waals surface area contributed by atoms with E-state index in [0.717, 1.165) is 6.61 Å². The normalized spacial score (nSPS) is 17.9. The number of rotatable bonds is 3. The summed E-state index contributed by atoms with van der Waals surface area (Å²) in [4.78, 5) is 3.40. The van der Waals surface area contributed by atoms with Crippen molar-refractivity contribution >= 4 is 5.69 Å². The SMILES string of the molecule is [C-]#[N+]c1ccc(C2(COC)CCC2)cc1. The molecule has 0 N–H and O–H groups in total. The van der Waals surface area contributed by atoms with Crippen molar-refractivity contribution in [3.63, 3.8) is 0 Å². The predicted molar refractivity (Wildman–Crippen MR) is 60.1 cm³/mol. The van der Waals surface area contributed by atoms with Crippen molar-refractivity contribution in [1.82, 2.24) is 0 Å². The van der Waals surface area contributed by atoms with E-state index in [1.165, 1.54) is 24.8 Å². The second-order valence-electron chi connectivity index (χ2n) is 4.23. The molecule has 0 aliphatic heterocycles. The van der Waals surface area contributed by atoms with Gasteiger partial charge in [0.05, 0.1) is 13.2 Å². The van der Waals surface area contributed by atoms with Crippen molar-refractivity contribution in [2.45, 2.75) is 24.7 Å². The maximum Gasteiger partial charge on any atom is 0.187 e. The second-order valence-corrected chi connectivity index (χ2v) is 4.23. The van der Waals surface area contributed by atoms with E-state index in [0.29, 0.717) is 5.69 Å². The molecule has 1 aromatic rings. The molecule has 0 aromatic heterocycles. The largest absolute Gasteiger partial charge is 0.384 e. The summed E-state index contributed by atoms with van der Waals surface area (Å²) in [5.74, 6) is 0. The minimum Gasteiger partial charge on any atom is -0.384 e. The summed E-state index contributed by atoms with van der Waals surface area (Å²) in [5, 5.41) is 0. The summed E-state index contributed by atoms with van der Waals surface area (Å²) in [6.45, 7) is 7.71. The number of ether oxygens (including phenoxy) is 1. The van der Waals surface area contributed by atoms with E-state index in [1.807, 2.05) is 12.1 Å². The van der Waals surface area contributed by atoms with Gasteiger partial charge < -0.3 is 4.74 Å². The molecule has 0 unspecified atom stereocenters. The molecule has 0 bridgehead atoms. The summed E-state index contributed by atoms with van der Waals surface area (Å²) < 4.78 is 5.30. The maximum absolute atomic E-state index is 6.91. The average molecular weight is 201 g/mol. The zero-order valence-electron chi connectivity index (χ0n) is 8.99. The molecule has 2 heteroatoms. The first-order chi connectivity index (χ1) is 7.30. The van der Waals surface area contributed by atoms with Gasteiger partial charge in [0.2, 0.25) is 0 Å². The van der Waals surface area contributed by atoms with Crippen molar-refractivity contribution < 1.29 is 4.74 Å². The van der Waals surface area contributed by atoms with Gasteiger partial charge in [0.15, 0.2) is 5.69 Å². The molecule has 0 amide bonds. The van der Waals surface area contributed by atoms with Crippen LogP contribution in [0, 0.1) is 6.57 Å². The highest BCUT2D eigenvalue weighted by atomic mass is 16.5. The molecule has 1 aliphatic carbocycles.